The fourth-order valence-corrected chi connectivity index (χ4v) is 2.10. The molecule has 0 spiro atoms. The Labute approximate surface area is 108 Å². The van der Waals surface area contributed by atoms with Crippen LogP contribution in [0.4, 0.5) is 4.39 Å². The minimum atomic E-state index is -0.366. The molecule has 6 heteroatoms. The molecule has 1 N–H and O–H groups in total. The van der Waals surface area contributed by atoms with Gasteiger partial charge in [0.05, 0.1) is 5.02 Å². The molecule has 0 aliphatic heterocycles. The zero-order valence-corrected chi connectivity index (χ0v) is 10.8. The number of aromatic nitrogens is 3. The van der Waals surface area contributed by atoms with Gasteiger partial charge in [0.25, 0.3) is 0 Å². The molecule has 0 amide bonds. The largest absolute Gasteiger partial charge is 0.300 e. The molecule has 1 aromatic carbocycles. The standard InChI is InChI=1S/C11H11ClFN3S/c1-2-5-16-10(14-15-11(16)17)8-4-3-7(13)6-9(8)12/h3-4,6H,2,5H2,1H3,(H,15,17). The molecule has 17 heavy (non-hydrogen) atoms. The van der Waals surface area contributed by atoms with Gasteiger partial charge in [-0.1, -0.05) is 18.5 Å². The molecule has 0 saturated carbocycles. The number of halogens is 2. The van der Waals surface area contributed by atoms with Crippen LogP contribution in [-0.2, 0) is 6.54 Å². The van der Waals surface area contributed by atoms with Crippen molar-refractivity contribution < 1.29 is 4.39 Å². The molecule has 90 valence electrons. The predicted octanol–water partition coefficient (Wildman–Crippen LogP) is 3.81. The van der Waals surface area contributed by atoms with Crippen LogP contribution < -0.4 is 0 Å². The number of benzene rings is 1. The number of nitrogens with zero attached hydrogens (tertiary/aromatic N) is 2. The van der Waals surface area contributed by atoms with Crippen LogP contribution in [0.1, 0.15) is 13.3 Å². The highest BCUT2D eigenvalue weighted by atomic mass is 35.5. The summed E-state index contributed by atoms with van der Waals surface area (Å²) >= 11 is 11.1. The van der Waals surface area contributed by atoms with Gasteiger partial charge in [-0.3, -0.25) is 5.10 Å². The monoisotopic (exact) mass is 271 g/mol. The van der Waals surface area contributed by atoms with Crippen molar-refractivity contribution in [2.24, 2.45) is 0 Å². The van der Waals surface area contributed by atoms with Crippen molar-refractivity contribution in [3.05, 3.63) is 33.8 Å². The number of hydrogen-bond donors (Lipinski definition) is 1. The summed E-state index contributed by atoms with van der Waals surface area (Å²) in [6.45, 7) is 2.79. The summed E-state index contributed by atoms with van der Waals surface area (Å²) < 4.78 is 15.4. The molecule has 0 saturated heterocycles. The summed E-state index contributed by atoms with van der Waals surface area (Å²) in [6.07, 6.45) is 0.930. The molecule has 0 aliphatic carbocycles. The summed E-state index contributed by atoms with van der Waals surface area (Å²) in [5, 5.41) is 7.19. The van der Waals surface area contributed by atoms with E-state index in [0.717, 1.165) is 13.0 Å². The van der Waals surface area contributed by atoms with Crippen molar-refractivity contribution in [1.82, 2.24) is 14.8 Å². The maximum absolute atomic E-state index is 13.0. The van der Waals surface area contributed by atoms with Crippen molar-refractivity contribution in [2.75, 3.05) is 0 Å². The first kappa shape index (κ1) is 12.3. The highest BCUT2D eigenvalue weighted by Crippen LogP contribution is 2.27. The van der Waals surface area contributed by atoms with Gasteiger partial charge in [-0.15, -0.1) is 0 Å². The Balaban J connectivity index is 2.56. The number of aromatic amines is 1. The quantitative estimate of drug-likeness (QED) is 0.861. The van der Waals surface area contributed by atoms with Gasteiger partial charge < -0.3 is 4.57 Å². The van der Waals surface area contributed by atoms with Crippen LogP contribution in [0.2, 0.25) is 5.02 Å². The van der Waals surface area contributed by atoms with E-state index in [2.05, 4.69) is 10.2 Å². The zero-order chi connectivity index (χ0) is 12.4. The van der Waals surface area contributed by atoms with E-state index in [1.807, 2.05) is 11.5 Å². The highest BCUT2D eigenvalue weighted by Gasteiger charge is 2.12. The lowest BCUT2D eigenvalue weighted by Crippen LogP contribution is -2.00. The maximum Gasteiger partial charge on any atom is 0.195 e. The van der Waals surface area contributed by atoms with E-state index >= 15 is 0 Å². The average molecular weight is 272 g/mol. The van der Waals surface area contributed by atoms with Crippen molar-refractivity contribution in [2.45, 2.75) is 19.9 Å². The van der Waals surface area contributed by atoms with E-state index in [4.69, 9.17) is 23.8 Å². The Morgan fingerprint density at radius 3 is 2.94 bits per heavy atom. The second kappa shape index (κ2) is 4.98. The lowest BCUT2D eigenvalue weighted by molar-refractivity contribution is 0.627. The molecule has 3 nitrogen and oxygen atoms in total. The Morgan fingerprint density at radius 1 is 1.53 bits per heavy atom. The SMILES string of the molecule is CCCn1c(-c2ccc(F)cc2Cl)n[nH]c1=S. The number of hydrogen-bond acceptors (Lipinski definition) is 2. The first-order valence-electron chi connectivity index (χ1n) is 5.24. The molecule has 0 atom stereocenters. The summed E-state index contributed by atoms with van der Waals surface area (Å²) in [6, 6.07) is 4.23. The zero-order valence-electron chi connectivity index (χ0n) is 9.20. The van der Waals surface area contributed by atoms with Gasteiger partial charge in [0, 0.05) is 12.1 Å². The molecule has 2 rings (SSSR count). The number of rotatable bonds is 3. The lowest BCUT2D eigenvalue weighted by Gasteiger charge is -2.06. The molecular formula is C11H11ClFN3S. The first-order valence-corrected chi connectivity index (χ1v) is 6.02. The molecule has 0 bridgehead atoms. The van der Waals surface area contributed by atoms with E-state index in [1.165, 1.54) is 12.1 Å². The van der Waals surface area contributed by atoms with Gasteiger partial charge in [-0.05, 0) is 36.8 Å². The third-order valence-corrected chi connectivity index (χ3v) is 3.00. The van der Waals surface area contributed by atoms with Crippen LogP contribution in [-0.4, -0.2) is 14.8 Å². The second-order valence-electron chi connectivity index (χ2n) is 3.63. The third kappa shape index (κ3) is 2.40. The van der Waals surface area contributed by atoms with E-state index in [-0.39, 0.29) is 5.82 Å². The molecule has 0 fully saturated rings. The van der Waals surface area contributed by atoms with Gasteiger partial charge in [0.15, 0.2) is 10.6 Å². The fourth-order valence-electron chi connectivity index (χ4n) is 1.63. The van der Waals surface area contributed by atoms with Crippen molar-refractivity contribution >= 4 is 23.8 Å². The van der Waals surface area contributed by atoms with Gasteiger partial charge in [0.2, 0.25) is 0 Å². The molecule has 0 unspecified atom stereocenters. The van der Waals surface area contributed by atoms with E-state index in [9.17, 15) is 4.39 Å². The lowest BCUT2D eigenvalue weighted by atomic mass is 10.2. The molecule has 0 radical (unpaired) electrons. The molecule has 1 aromatic heterocycles. The van der Waals surface area contributed by atoms with Gasteiger partial charge in [-0.2, -0.15) is 5.10 Å². The Hall–Kier alpha value is -1.20. The first-order chi connectivity index (χ1) is 8.13. The van der Waals surface area contributed by atoms with Gasteiger partial charge in [0.1, 0.15) is 5.82 Å². The van der Waals surface area contributed by atoms with E-state index in [0.29, 0.717) is 21.2 Å². The second-order valence-corrected chi connectivity index (χ2v) is 4.42. The predicted molar refractivity (Wildman–Crippen MR) is 68.1 cm³/mol. The number of nitrogens with one attached hydrogen (secondary N) is 1. The summed E-state index contributed by atoms with van der Waals surface area (Å²) in [5.74, 6) is 0.275. The summed E-state index contributed by atoms with van der Waals surface area (Å²) in [4.78, 5) is 0. The minimum Gasteiger partial charge on any atom is -0.300 e. The van der Waals surface area contributed by atoms with Crippen LogP contribution in [0.15, 0.2) is 18.2 Å². The molecule has 0 aliphatic rings. The third-order valence-electron chi connectivity index (χ3n) is 2.38. The molecule has 1 heterocycles. The fraction of sp³-hybridized carbons (Fsp3) is 0.273. The van der Waals surface area contributed by atoms with Crippen LogP contribution >= 0.6 is 23.8 Å². The van der Waals surface area contributed by atoms with Crippen molar-refractivity contribution in [1.29, 1.82) is 0 Å². The van der Waals surface area contributed by atoms with E-state index < -0.39 is 0 Å². The van der Waals surface area contributed by atoms with Crippen molar-refractivity contribution in [3.8, 4) is 11.4 Å². The highest BCUT2D eigenvalue weighted by molar-refractivity contribution is 7.71. The van der Waals surface area contributed by atoms with E-state index in [1.54, 1.807) is 6.07 Å². The minimum absolute atomic E-state index is 0.330. The topological polar surface area (TPSA) is 33.6 Å². The summed E-state index contributed by atoms with van der Waals surface area (Å²) in [7, 11) is 0. The molecular weight excluding hydrogens is 261 g/mol. The van der Waals surface area contributed by atoms with Crippen molar-refractivity contribution in [3.63, 3.8) is 0 Å². The smallest absolute Gasteiger partial charge is 0.195 e. The Morgan fingerprint density at radius 2 is 2.29 bits per heavy atom. The van der Waals surface area contributed by atoms with Crippen LogP contribution in [0.5, 0.6) is 0 Å². The normalized spacial score (nSPS) is 10.8. The van der Waals surface area contributed by atoms with Crippen LogP contribution in [0.3, 0.4) is 0 Å². The van der Waals surface area contributed by atoms with Gasteiger partial charge in [-0.25, -0.2) is 4.39 Å². The van der Waals surface area contributed by atoms with Crippen LogP contribution in [0, 0.1) is 10.6 Å². The average Bonchev–Trinajstić information content (AvgIpc) is 2.62. The Bertz CT molecular complexity index is 591. The number of H-pyrrole nitrogens is 1. The van der Waals surface area contributed by atoms with Crippen LogP contribution in [0.25, 0.3) is 11.4 Å². The maximum atomic E-state index is 13.0. The van der Waals surface area contributed by atoms with Gasteiger partial charge >= 0.3 is 0 Å². The molecule has 2 aromatic rings. The summed E-state index contributed by atoms with van der Waals surface area (Å²) in [5.41, 5.74) is 0.675. The Kier molecular flexibility index (Phi) is 3.59.